The van der Waals surface area contributed by atoms with Crippen LogP contribution in [0.2, 0.25) is 0 Å². The molecule has 0 aromatic heterocycles. The van der Waals surface area contributed by atoms with Crippen molar-refractivity contribution in [1.82, 2.24) is 0 Å². The van der Waals surface area contributed by atoms with Crippen molar-refractivity contribution in [2.75, 3.05) is 26.4 Å². The Balaban J connectivity index is 1.88. The van der Waals surface area contributed by atoms with Gasteiger partial charge in [-0.25, -0.2) is 0 Å². The van der Waals surface area contributed by atoms with E-state index >= 15 is 0 Å². The summed E-state index contributed by atoms with van der Waals surface area (Å²) >= 11 is 0. The molecule has 0 saturated carbocycles. The molecule has 0 amide bonds. The Morgan fingerprint density at radius 2 is 2.07 bits per heavy atom. The molecule has 0 aromatic carbocycles. The molecule has 0 N–H and O–H groups in total. The lowest BCUT2D eigenvalue weighted by Gasteiger charge is -2.14. The second kappa shape index (κ2) is 8.36. The molecule has 0 saturated heterocycles. The Hall–Kier alpha value is -0.960. The van der Waals surface area contributed by atoms with Crippen LogP contribution < -0.4 is 0 Å². The minimum Gasteiger partial charge on any atom is -0.499 e. The van der Waals surface area contributed by atoms with Gasteiger partial charge < -0.3 is 14.2 Å². The Bertz CT molecular complexity index is 199. The Morgan fingerprint density at radius 3 is 2.80 bits per heavy atom. The third kappa shape index (κ3) is 6.18. The van der Waals surface area contributed by atoms with Crippen molar-refractivity contribution in [3.63, 3.8) is 0 Å². The fourth-order valence-corrected chi connectivity index (χ4v) is 1.46. The van der Waals surface area contributed by atoms with E-state index in [9.17, 15) is 0 Å². The van der Waals surface area contributed by atoms with Crippen LogP contribution in [-0.2, 0) is 14.2 Å². The van der Waals surface area contributed by atoms with Crippen LogP contribution in [0.15, 0.2) is 24.7 Å². The van der Waals surface area contributed by atoms with Gasteiger partial charge in [0.1, 0.15) is 13.2 Å². The lowest BCUT2D eigenvalue weighted by molar-refractivity contribution is 0.0476. The topological polar surface area (TPSA) is 27.7 Å². The molecule has 0 bridgehead atoms. The molecule has 0 heterocycles. The molecular weight excluding hydrogens is 192 g/mol. The number of ether oxygens (including phenoxy) is 3. The largest absolute Gasteiger partial charge is 0.499 e. The molecule has 3 nitrogen and oxygen atoms in total. The summed E-state index contributed by atoms with van der Waals surface area (Å²) in [5.74, 6) is 1.13. The van der Waals surface area contributed by atoms with Gasteiger partial charge in [0, 0.05) is 6.42 Å². The van der Waals surface area contributed by atoms with Crippen LogP contribution in [0.25, 0.3) is 0 Å². The minimum absolute atomic E-state index is 0.562. The highest BCUT2D eigenvalue weighted by atomic mass is 16.5. The van der Waals surface area contributed by atoms with Gasteiger partial charge in [0.25, 0.3) is 0 Å². The van der Waals surface area contributed by atoms with Crippen molar-refractivity contribution in [3.8, 4) is 0 Å². The second-order valence-electron chi connectivity index (χ2n) is 3.41. The fourth-order valence-electron chi connectivity index (χ4n) is 1.46. The van der Waals surface area contributed by atoms with Gasteiger partial charge in [-0.2, -0.15) is 0 Å². The molecule has 0 aliphatic heterocycles. The predicted octanol–water partition coefficient (Wildman–Crippen LogP) is 2.64. The van der Waals surface area contributed by atoms with Gasteiger partial charge in [-0.05, 0) is 25.3 Å². The third-order valence-corrected chi connectivity index (χ3v) is 2.23. The molecule has 0 aromatic rings. The first-order valence-electron chi connectivity index (χ1n) is 5.55. The molecule has 0 unspecified atom stereocenters. The molecule has 0 radical (unpaired) electrons. The van der Waals surface area contributed by atoms with Crippen molar-refractivity contribution in [2.24, 2.45) is 0 Å². The highest BCUT2D eigenvalue weighted by molar-refractivity contribution is 4.96. The van der Waals surface area contributed by atoms with E-state index in [1.165, 1.54) is 19.1 Å². The second-order valence-corrected chi connectivity index (χ2v) is 3.41. The summed E-state index contributed by atoms with van der Waals surface area (Å²) in [5.41, 5.74) is 0. The first-order valence-corrected chi connectivity index (χ1v) is 5.55. The highest BCUT2D eigenvalue weighted by Crippen LogP contribution is 2.17. The molecule has 15 heavy (non-hydrogen) atoms. The molecule has 0 fully saturated rings. The Morgan fingerprint density at radius 1 is 1.20 bits per heavy atom. The maximum absolute atomic E-state index is 5.56. The summed E-state index contributed by atoms with van der Waals surface area (Å²) < 4.78 is 15.8. The SMILES string of the molecule is C=COCCOCCOC1=CCCCC1. The van der Waals surface area contributed by atoms with Gasteiger partial charge in [0.2, 0.25) is 0 Å². The van der Waals surface area contributed by atoms with Gasteiger partial charge in [-0.15, -0.1) is 0 Å². The Labute approximate surface area is 91.7 Å². The van der Waals surface area contributed by atoms with Crippen LogP contribution in [0.5, 0.6) is 0 Å². The number of rotatable bonds is 8. The van der Waals surface area contributed by atoms with Crippen molar-refractivity contribution < 1.29 is 14.2 Å². The third-order valence-electron chi connectivity index (χ3n) is 2.23. The number of hydrogen-bond donors (Lipinski definition) is 0. The molecule has 3 heteroatoms. The van der Waals surface area contributed by atoms with E-state index in [0.717, 1.165) is 18.6 Å². The molecule has 0 atom stereocenters. The lowest BCUT2D eigenvalue weighted by atomic mass is 10.1. The smallest absolute Gasteiger partial charge is 0.111 e. The zero-order valence-electron chi connectivity index (χ0n) is 9.24. The summed E-state index contributed by atoms with van der Waals surface area (Å²) in [6.07, 6.45) is 8.39. The van der Waals surface area contributed by atoms with E-state index in [0.29, 0.717) is 26.4 Å². The number of allylic oxidation sites excluding steroid dienone is 2. The van der Waals surface area contributed by atoms with E-state index in [2.05, 4.69) is 12.7 Å². The van der Waals surface area contributed by atoms with Crippen molar-refractivity contribution in [2.45, 2.75) is 25.7 Å². The van der Waals surface area contributed by atoms with Gasteiger partial charge in [0.15, 0.2) is 0 Å². The van der Waals surface area contributed by atoms with Crippen molar-refractivity contribution in [3.05, 3.63) is 24.7 Å². The zero-order chi connectivity index (χ0) is 10.8. The highest BCUT2D eigenvalue weighted by Gasteiger charge is 2.03. The normalized spacial score (nSPS) is 15.6. The average Bonchev–Trinajstić information content (AvgIpc) is 2.29. The minimum atomic E-state index is 0.562. The summed E-state index contributed by atoms with van der Waals surface area (Å²) in [7, 11) is 0. The zero-order valence-corrected chi connectivity index (χ0v) is 9.24. The van der Waals surface area contributed by atoms with Gasteiger partial charge >= 0.3 is 0 Å². The summed E-state index contributed by atoms with van der Waals surface area (Å²) in [5, 5.41) is 0. The number of hydrogen-bond acceptors (Lipinski definition) is 3. The predicted molar refractivity (Wildman–Crippen MR) is 59.5 cm³/mol. The molecule has 86 valence electrons. The first-order chi connectivity index (χ1) is 7.43. The van der Waals surface area contributed by atoms with Gasteiger partial charge in [0.05, 0.1) is 25.2 Å². The van der Waals surface area contributed by atoms with E-state index in [-0.39, 0.29) is 0 Å². The average molecular weight is 212 g/mol. The van der Waals surface area contributed by atoms with Crippen molar-refractivity contribution in [1.29, 1.82) is 0 Å². The van der Waals surface area contributed by atoms with Crippen LogP contribution in [0.3, 0.4) is 0 Å². The van der Waals surface area contributed by atoms with Crippen LogP contribution in [-0.4, -0.2) is 26.4 Å². The van der Waals surface area contributed by atoms with Gasteiger partial charge in [-0.1, -0.05) is 6.58 Å². The van der Waals surface area contributed by atoms with Crippen LogP contribution >= 0.6 is 0 Å². The standard InChI is InChI=1S/C12H20O3/c1-2-13-8-9-14-10-11-15-12-6-4-3-5-7-12/h2,6H,1,3-5,7-11H2. The summed E-state index contributed by atoms with van der Waals surface area (Å²) in [6, 6.07) is 0. The lowest BCUT2D eigenvalue weighted by Crippen LogP contribution is -2.08. The van der Waals surface area contributed by atoms with E-state index in [4.69, 9.17) is 14.2 Å². The molecule has 0 spiro atoms. The van der Waals surface area contributed by atoms with E-state index < -0.39 is 0 Å². The molecule has 1 aliphatic carbocycles. The molecule has 1 rings (SSSR count). The molecule has 1 aliphatic rings. The summed E-state index contributed by atoms with van der Waals surface area (Å²) in [4.78, 5) is 0. The monoisotopic (exact) mass is 212 g/mol. The van der Waals surface area contributed by atoms with Crippen LogP contribution in [0, 0.1) is 0 Å². The van der Waals surface area contributed by atoms with Crippen molar-refractivity contribution >= 4 is 0 Å². The van der Waals surface area contributed by atoms with E-state index in [1.54, 1.807) is 0 Å². The fraction of sp³-hybridized carbons (Fsp3) is 0.667. The maximum atomic E-state index is 5.56. The van der Waals surface area contributed by atoms with Gasteiger partial charge in [-0.3, -0.25) is 0 Å². The first kappa shape index (κ1) is 12.1. The maximum Gasteiger partial charge on any atom is 0.111 e. The van der Waals surface area contributed by atoms with Crippen LogP contribution in [0.4, 0.5) is 0 Å². The van der Waals surface area contributed by atoms with E-state index in [1.807, 2.05) is 0 Å². The van der Waals surface area contributed by atoms with Crippen LogP contribution in [0.1, 0.15) is 25.7 Å². The Kier molecular flexibility index (Phi) is 6.75. The summed E-state index contributed by atoms with van der Waals surface area (Å²) in [6.45, 7) is 5.86. The molecular formula is C12H20O3. The quantitative estimate of drug-likeness (QED) is 0.457.